The van der Waals surface area contributed by atoms with E-state index in [4.69, 9.17) is 0 Å². The highest BCUT2D eigenvalue weighted by Gasteiger charge is 2.66. The lowest BCUT2D eigenvalue weighted by Crippen LogP contribution is -2.36. The summed E-state index contributed by atoms with van der Waals surface area (Å²) in [5, 5.41) is 0. The Hall–Kier alpha value is 0. The Morgan fingerprint density at radius 1 is 0.875 bits per heavy atom. The Morgan fingerprint density at radius 3 is 2.25 bits per heavy atom. The van der Waals surface area contributed by atoms with Crippen LogP contribution in [0.1, 0.15) is 66.7 Å². The first-order valence-corrected chi connectivity index (χ1v) is 7.31. The van der Waals surface area contributed by atoms with Crippen LogP contribution >= 0.6 is 0 Å². The third kappa shape index (κ3) is 1.07. The molecule has 4 unspecified atom stereocenters. The second kappa shape index (κ2) is 2.87. The van der Waals surface area contributed by atoms with Gasteiger partial charge < -0.3 is 0 Å². The molecule has 3 fully saturated rings. The van der Waals surface area contributed by atoms with Crippen molar-refractivity contribution in [3.05, 3.63) is 0 Å². The lowest BCUT2D eigenvalue weighted by molar-refractivity contribution is 0.0436. The average molecular weight is 220 g/mol. The van der Waals surface area contributed by atoms with Gasteiger partial charge >= 0.3 is 0 Å². The zero-order valence-corrected chi connectivity index (χ0v) is 11.8. The molecule has 2 bridgehead atoms. The highest BCUT2D eigenvalue weighted by atomic mass is 14.7. The van der Waals surface area contributed by atoms with Gasteiger partial charge in [-0.2, -0.15) is 0 Å². The summed E-state index contributed by atoms with van der Waals surface area (Å²) in [5.41, 5.74) is 1.95. The van der Waals surface area contributed by atoms with Gasteiger partial charge in [0.15, 0.2) is 0 Å². The van der Waals surface area contributed by atoms with Crippen LogP contribution in [0.5, 0.6) is 0 Å². The van der Waals surface area contributed by atoms with Crippen molar-refractivity contribution >= 4 is 0 Å². The van der Waals surface area contributed by atoms with Crippen molar-refractivity contribution in [3.63, 3.8) is 0 Å². The first-order valence-electron chi connectivity index (χ1n) is 7.31. The van der Waals surface area contributed by atoms with Crippen molar-refractivity contribution in [2.45, 2.75) is 66.7 Å². The maximum Gasteiger partial charge on any atom is -0.0235 e. The molecule has 0 radical (unpaired) electrons. The van der Waals surface area contributed by atoms with E-state index in [0.717, 1.165) is 23.2 Å². The zero-order valence-electron chi connectivity index (χ0n) is 11.8. The molecule has 0 N–H and O–H groups in total. The van der Waals surface area contributed by atoms with Crippen molar-refractivity contribution in [1.29, 1.82) is 0 Å². The van der Waals surface area contributed by atoms with Gasteiger partial charge in [0.1, 0.15) is 0 Å². The average Bonchev–Trinajstić information content (AvgIpc) is 2.58. The van der Waals surface area contributed by atoms with Crippen LogP contribution in [0.2, 0.25) is 0 Å². The molecule has 0 heteroatoms. The maximum absolute atomic E-state index is 2.58. The number of hydrogen-bond acceptors (Lipinski definition) is 0. The first-order chi connectivity index (χ1) is 7.31. The molecule has 3 rings (SSSR count). The summed E-state index contributed by atoms with van der Waals surface area (Å²) < 4.78 is 0. The quantitative estimate of drug-likeness (QED) is 0.545. The molecular formula is C16H28. The van der Waals surface area contributed by atoms with Crippen LogP contribution < -0.4 is 0 Å². The van der Waals surface area contributed by atoms with E-state index in [1.165, 1.54) is 25.7 Å². The molecule has 0 nitrogen and oxygen atoms in total. The standard InChI is InChI=1S/C16H28/c1-11-6-7-12-15(4,5)13-10-16(11,12)9-8-14(13,2)3/h11-13H,6-10H2,1-5H3. The SMILES string of the molecule is CC1CCC2C(C)(C)C3CC12CCC3(C)C. The van der Waals surface area contributed by atoms with E-state index in [9.17, 15) is 0 Å². The molecule has 0 aromatic carbocycles. The Balaban J connectivity index is 2.07. The van der Waals surface area contributed by atoms with Gasteiger partial charge in [-0.3, -0.25) is 0 Å². The molecule has 4 atom stereocenters. The van der Waals surface area contributed by atoms with Crippen molar-refractivity contribution in [3.8, 4) is 0 Å². The fourth-order valence-electron chi connectivity index (χ4n) is 6.21. The molecule has 0 aromatic rings. The minimum atomic E-state index is 0.596. The van der Waals surface area contributed by atoms with Crippen molar-refractivity contribution < 1.29 is 0 Å². The van der Waals surface area contributed by atoms with Gasteiger partial charge in [0.25, 0.3) is 0 Å². The molecule has 0 aromatic heterocycles. The Morgan fingerprint density at radius 2 is 1.56 bits per heavy atom. The Bertz CT molecular complexity index is 308. The van der Waals surface area contributed by atoms with Crippen molar-refractivity contribution in [2.75, 3.05) is 0 Å². The van der Waals surface area contributed by atoms with E-state index in [-0.39, 0.29) is 0 Å². The first kappa shape index (κ1) is 11.1. The van der Waals surface area contributed by atoms with E-state index in [1.807, 2.05) is 0 Å². The summed E-state index contributed by atoms with van der Waals surface area (Å²) in [5.74, 6) is 3.00. The molecule has 0 amide bonds. The number of fused-ring (bicyclic) bond motifs is 1. The Kier molecular flexibility index (Phi) is 1.99. The summed E-state index contributed by atoms with van der Waals surface area (Å²) in [6.45, 7) is 12.7. The predicted octanol–water partition coefficient (Wildman–Crippen LogP) is 4.89. The summed E-state index contributed by atoms with van der Waals surface area (Å²) in [6, 6.07) is 0. The third-order valence-corrected chi connectivity index (χ3v) is 7.12. The van der Waals surface area contributed by atoms with Crippen LogP contribution in [0, 0.1) is 34.0 Å². The van der Waals surface area contributed by atoms with Gasteiger partial charge in [-0.25, -0.2) is 0 Å². The van der Waals surface area contributed by atoms with E-state index >= 15 is 0 Å². The van der Waals surface area contributed by atoms with E-state index in [1.54, 1.807) is 6.42 Å². The molecule has 3 aliphatic carbocycles. The van der Waals surface area contributed by atoms with E-state index in [2.05, 4.69) is 34.6 Å². The number of hydrogen-bond donors (Lipinski definition) is 0. The van der Waals surface area contributed by atoms with Gasteiger partial charge in [0, 0.05) is 0 Å². The minimum Gasteiger partial charge on any atom is -0.0620 e. The van der Waals surface area contributed by atoms with Gasteiger partial charge in [-0.15, -0.1) is 0 Å². The molecule has 3 aliphatic rings. The molecular weight excluding hydrogens is 192 g/mol. The normalized spacial score (nSPS) is 52.7. The van der Waals surface area contributed by atoms with Crippen molar-refractivity contribution in [2.24, 2.45) is 34.0 Å². The summed E-state index contributed by atoms with van der Waals surface area (Å²) in [6.07, 6.45) is 7.55. The van der Waals surface area contributed by atoms with Crippen LogP contribution in [0.25, 0.3) is 0 Å². The fraction of sp³-hybridized carbons (Fsp3) is 1.00. The van der Waals surface area contributed by atoms with Gasteiger partial charge in [-0.05, 0) is 66.1 Å². The van der Waals surface area contributed by atoms with Crippen LogP contribution in [-0.4, -0.2) is 0 Å². The van der Waals surface area contributed by atoms with Gasteiger partial charge in [-0.1, -0.05) is 34.6 Å². The highest BCUT2D eigenvalue weighted by Crippen LogP contribution is 2.74. The van der Waals surface area contributed by atoms with Crippen LogP contribution in [-0.2, 0) is 0 Å². The predicted molar refractivity (Wildman–Crippen MR) is 69.2 cm³/mol. The summed E-state index contributed by atoms with van der Waals surface area (Å²) in [7, 11) is 0. The van der Waals surface area contributed by atoms with Crippen LogP contribution in [0.4, 0.5) is 0 Å². The fourth-order valence-corrected chi connectivity index (χ4v) is 6.21. The lowest BCUT2D eigenvalue weighted by Gasteiger charge is -2.45. The zero-order chi connectivity index (χ0) is 11.8. The largest absolute Gasteiger partial charge is 0.0620 e. The highest BCUT2D eigenvalue weighted by molar-refractivity contribution is 5.15. The second-order valence-corrected chi connectivity index (χ2v) is 8.33. The van der Waals surface area contributed by atoms with E-state index < -0.39 is 0 Å². The second-order valence-electron chi connectivity index (χ2n) is 8.33. The summed E-state index contributed by atoms with van der Waals surface area (Å²) in [4.78, 5) is 0. The molecule has 3 saturated carbocycles. The third-order valence-electron chi connectivity index (χ3n) is 7.12. The maximum atomic E-state index is 2.58. The topological polar surface area (TPSA) is 0 Å². The molecule has 16 heavy (non-hydrogen) atoms. The number of rotatable bonds is 0. The monoisotopic (exact) mass is 220 g/mol. The van der Waals surface area contributed by atoms with Crippen molar-refractivity contribution in [1.82, 2.24) is 0 Å². The summed E-state index contributed by atoms with van der Waals surface area (Å²) >= 11 is 0. The van der Waals surface area contributed by atoms with E-state index in [0.29, 0.717) is 10.8 Å². The molecule has 0 heterocycles. The molecule has 0 saturated heterocycles. The minimum absolute atomic E-state index is 0.596. The molecule has 92 valence electrons. The Labute approximate surface area is 101 Å². The van der Waals surface area contributed by atoms with Crippen LogP contribution in [0.3, 0.4) is 0 Å². The van der Waals surface area contributed by atoms with Gasteiger partial charge in [0.05, 0.1) is 0 Å². The van der Waals surface area contributed by atoms with Crippen LogP contribution in [0.15, 0.2) is 0 Å². The molecule has 1 spiro atoms. The smallest absolute Gasteiger partial charge is 0.0235 e. The van der Waals surface area contributed by atoms with Gasteiger partial charge in [0.2, 0.25) is 0 Å². The molecule has 0 aliphatic heterocycles. The lowest BCUT2D eigenvalue weighted by atomic mass is 9.60.